The minimum atomic E-state index is -0.202. The van der Waals surface area contributed by atoms with Gasteiger partial charge in [-0.3, -0.25) is 14.4 Å². The van der Waals surface area contributed by atoms with Gasteiger partial charge in [0.25, 0.3) is 0 Å². The standard InChI is InChI=1S/C35H39N7O2/c1-4-44-33-20-30-29(19-31(33)40-34(43)14-9-17-41-24(2)10-8-11-25(41)3)35(37-23-36-30)39-28-15-16-32-27(18-28)21-38-42(32)22-26-12-6-5-7-13-26/h5-7,9,12-16,18-21,23-25H,4,8,10-11,17,22H2,1-3H3,(H,40,43)(H,36,37,39). The molecular weight excluding hydrogens is 550 g/mol. The van der Waals surface area contributed by atoms with Crippen LogP contribution in [-0.4, -0.2) is 55.8 Å². The van der Waals surface area contributed by atoms with Gasteiger partial charge in [0.05, 0.1) is 36.1 Å². The molecule has 1 aliphatic heterocycles. The van der Waals surface area contributed by atoms with Crippen molar-refractivity contribution in [1.82, 2.24) is 24.6 Å². The molecule has 2 aromatic heterocycles. The number of ether oxygens (including phenoxy) is 1. The van der Waals surface area contributed by atoms with Gasteiger partial charge in [-0.05, 0) is 63.4 Å². The van der Waals surface area contributed by atoms with Gasteiger partial charge in [0.2, 0.25) is 5.91 Å². The second-order valence-corrected chi connectivity index (χ2v) is 11.4. The second-order valence-electron chi connectivity index (χ2n) is 11.4. The summed E-state index contributed by atoms with van der Waals surface area (Å²) in [5, 5.41) is 12.9. The van der Waals surface area contributed by atoms with Crippen LogP contribution in [0.5, 0.6) is 5.75 Å². The van der Waals surface area contributed by atoms with E-state index in [0.717, 1.165) is 28.5 Å². The van der Waals surface area contributed by atoms with Crippen molar-refractivity contribution >= 4 is 44.9 Å². The van der Waals surface area contributed by atoms with Crippen LogP contribution in [0.4, 0.5) is 17.2 Å². The maximum Gasteiger partial charge on any atom is 0.248 e. The number of rotatable bonds is 10. The normalized spacial score (nSPS) is 17.3. The molecule has 1 amide bonds. The highest BCUT2D eigenvalue weighted by Gasteiger charge is 2.23. The van der Waals surface area contributed by atoms with E-state index in [1.165, 1.54) is 31.2 Å². The minimum absolute atomic E-state index is 0.202. The molecular formula is C35H39N7O2. The van der Waals surface area contributed by atoms with Gasteiger partial charge in [0, 0.05) is 47.2 Å². The van der Waals surface area contributed by atoms with Gasteiger partial charge >= 0.3 is 0 Å². The molecule has 0 saturated carbocycles. The molecule has 3 heterocycles. The number of hydrogen-bond donors (Lipinski definition) is 2. The lowest BCUT2D eigenvalue weighted by atomic mass is 9.98. The number of nitrogens with zero attached hydrogens (tertiary/aromatic N) is 5. The molecule has 1 aliphatic rings. The van der Waals surface area contributed by atoms with Crippen LogP contribution < -0.4 is 15.4 Å². The van der Waals surface area contributed by atoms with E-state index >= 15 is 0 Å². The first kappa shape index (κ1) is 29.3. The Balaban J connectivity index is 1.22. The fourth-order valence-electron chi connectivity index (χ4n) is 6.03. The molecule has 6 rings (SSSR count). The van der Waals surface area contributed by atoms with E-state index in [9.17, 15) is 4.79 Å². The summed E-state index contributed by atoms with van der Waals surface area (Å²) in [6, 6.07) is 21.2. The highest BCUT2D eigenvalue weighted by Crippen LogP contribution is 2.34. The lowest BCUT2D eigenvalue weighted by molar-refractivity contribution is -0.111. The van der Waals surface area contributed by atoms with Crippen LogP contribution in [0.3, 0.4) is 0 Å². The molecule has 0 radical (unpaired) electrons. The van der Waals surface area contributed by atoms with Crippen molar-refractivity contribution in [3.8, 4) is 5.75 Å². The number of piperidine rings is 1. The van der Waals surface area contributed by atoms with Crippen molar-refractivity contribution in [2.24, 2.45) is 0 Å². The number of nitrogens with one attached hydrogen (secondary N) is 2. The summed E-state index contributed by atoms with van der Waals surface area (Å²) in [4.78, 5) is 24.5. The average Bonchev–Trinajstić information content (AvgIpc) is 3.41. The number of aromatic nitrogens is 4. The van der Waals surface area contributed by atoms with Gasteiger partial charge in [-0.2, -0.15) is 5.10 Å². The van der Waals surface area contributed by atoms with E-state index in [1.54, 1.807) is 6.08 Å². The van der Waals surface area contributed by atoms with Crippen LogP contribution in [0.2, 0.25) is 0 Å². The zero-order chi connectivity index (χ0) is 30.5. The Morgan fingerprint density at radius 1 is 1.05 bits per heavy atom. The van der Waals surface area contributed by atoms with Crippen molar-refractivity contribution in [2.75, 3.05) is 23.8 Å². The first-order chi connectivity index (χ1) is 21.5. The third-order valence-electron chi connectivity index (χ3n) is 8.34. The Kier molecular flexibility index (Phi) is 8.84. The number of carbonyl (C=O) groups is 1. The number of benzene rings is 3. The number of anilines is 3. The smallest absolute Gasteiger partial charge is 0.248 e. The summed E-state index contributed by atoms with van der Waals surface area (Å²) in [5.41, 5.74) is 4.41. The zero-order valence-corrected chi connectivity index (χ0v) is 25.5. The van der Waals surface area contributed by atoms with Crippen LogP contribution >= 0.6 is 0 Å². The highest BCUT2D eigenvalue weighted by atomic mass is 16.5. The monoisotopic (exact) mass is 589 g/mol. The van der Waals surface area contributed by atoms with E-state index in [-0.39, 0.29) is 5.91 Å². The lowest BCUT2D eigenvalue weighted by Crippen LogP contribution is -2.43. The molecule has 5 aromatic rings. The van der Waals surface area contributed by atoms with Gasteiger partial charge in [-0.15, -0.1) is 0 Å². The maximum atomic E-state index is 13.0. The summed E-state index contributed by atoms with van der Waals surface area (Å²) in [6.45, 7) is 8.36. The first-order valence-electron chi connectivity index (χ1n) is 15.4. The van der Waals surface area contributed by atoms with E-state index in [2.05, 4.69) is 68.7 Å². The van der Waals surface area contributed by atoms with Gasteiger partial charge in [-0.1, -0.05) is 42.8 Å². The SMILES string of the molecule is CCOc1cc2ncnc(Nc3ccc4c(cnn4Cc4ccccc4)c3)c2cc1NC(=O)C=CCN1C(C)CCCC1C. The van der Waals surface area contributed by atoms with Gasteiger partial charge in [0.15, 0.2) is 0 Å². The molecule has 226 valence electrons. The Morgan fingerprint density at radius 3 is 2.66 bits per heavy atom. The van der Waals surface area contributed by atoms with Crippen molar-refractivity contribution < 1.29 is 9.53 Å². The third-order valence-corrected chi connectivity index (χ3v) is 8.34. The van der Waals surface area contributed by atoms with Crippen LogP contribution in [0.25, 0.3) is 21.8 Å². The summed E-state index contributed by atoms with van der Waals surface area (Å²) in [7, 11) is 0. The van der Waals surface area contributed by atoms with Gasteiger partial charge in [-0.25, -0.2) is 9.97 Å². The average molecular weight is 590 g/mol. The quantitative estimate of drug-likeness (QED) is 0.171. The van der Waals surface area contributed by atoms with Crippen LogP contribution in [0, 0.1) is 0 Å². The minimum Gasteiger partial charge on any atom is -0.492 e. The molecule has 2 unspecified atom stereocenters. The molecule has 44 heavy (non-hydrogen) atoms. The molecule has 0 bridgehead atoms. The Bertz CT molecular complexity index is 1770. The molecule has 1 saturated heterocycles. The predicted octanol–water partition coefficient (Wildman–Crippen LogP) is 6.93. The summed E-state index contributed by atoms with van der Waals surface area (Å²) < 4.78 is 7.89. The Hall–Kier alpha value is -4.76. The number of likely N-dealkylation sites (tertiary alicyclic amines) is 1. The summed E-state index contributed by atoms with van der Waals surface area (Å²) in [6.07, 6.45) is 10.6. The summed E-state index contributed by atoms with van der Waals surface area (Å²) in [5.74, 6) is 0.997. The number of fused-ring (bicyclic) bond motifs is 2. The number of hydrogen-bond acceptors (Lipinski definition) is 7. The topological polar surface area (TPSA) is 97.2 Å². The molecule has 3 aromatic carbocycles. The Morgan fingerprint density at radius 2 is 1.86 bits per heavy atom. The molecule has 9 heteroatoms. The number of carbonyl (C=O) groups excluding carboxylic acids is 1. The van der Waals surface area contributed by atoms with Gasteiger partial charge < -0.3 is 15.4 Å². The van der Waals surface area contributed by atoms with Crippen LogP contribution in [-0.2, 0) is 11.3 Å². The van der Waals surface area contributed by atoms with E-state index in [0.29, 0.717) is 48.0 Å². The number of amides is 1. The van der Waals surface area contributed by atoms with Crippen molar-refractivity contribution in [1.29, 1.82) is 0 Å². The van der Waals surface area contributed by atoms with Gasteiger partial charge in [0.1, 0.15) is 17.9 Å². The van der Waals surface area contributed by atoms with Crippen LogP contribution in [0.15, 0.2) is 85.3 Å². The fraction of sp³-hybridized carbons (Fsp3) is 0.314. The molecule has 9 nitrogen and oxygen atoms in total. The third kappa shape index (κ3) is 6.58. The predicted molar refractivity (Wildman–Crippen MR) is 177 cm³/mol. The van der Waals surface area contributed by atoms with E-state index < -0.39 is 0 Å². The molecule has 2 atom stereocenters. The highest BCUT2D eigenvalue weighted by molar-refractivity contribution is 6.03. The largest absolute Gasteiger partial charge is 0.492 e. The molecule has 0 spiro atoms. The van der Waals surface area contributed by atoms with Crippen molar-refractivity contribution in [3.05, 3.63) is 90.9 Å². The molecule has 1 fully saturated rings. The van der Waals surface area contributed by atoms with E-state index in [1.807, 2.05) is 60.3 Å². The molecule has 2 N–H and O–H groups in total. The molecule has 0 aliphatic carbocycles. The van der Waals surface area contributed by atoms with E-state index in [4.69, 9.17) is 4.74 Å². The van der Waals surface area contributed by atoms with Crippen molar-refractivity contribution in [2.45, 2.75) is 58.7 Å². The maximum absolute atomic E-state index is 13.0. The second kappa shape index (κ2) is 13.3. The summed E-state index contributed by atoms with van der Waals surface area (Å²) >= 11 is 0. The lowest BCUT2D eigenvalue weighted by Gasteiger charge is -2.38. The van der Waals surface area contributed by atoms with Crippen molar-refractivity contribution in [3.63, 3.8) is 0 Å². The van der Waals surface area contributed by atoms with Crippen LogP contribution in [0.1, 0.15) is 45.6 Å². The zero-order valence-electron chi connectivity index (χ0n) is 25.5. The fourth-order valence-corrected chi connectivity index (χ4v) is 6.03. The Labute approximate surface area is 258 Å². The first-order valence-corrected chi connectivity index (χ1v) is 15.4.